The van der Waals surface area contributed by atoms with Gasteiger partial charge in [0.25, 0.3) is 0 Å². The Morgan fingerprint density at radius 2 is 2.04 bits per heavy atom. The minimum atomic E-state index is -0.900. The Bertz CT molecular complexity index is 597. The number of carbonyl (C=O) groups is 1. The first-order valence-electron chi connectivity index (χ1n) is 8.00. The van der Waals surface area contributed by atoms with Crippen LogP contribution in [0.25, 0.3) is 0 Å². The molecule has 1 aliphatic heterocycles. The van der Waals surface area contributed by atoms with Crippen LogP contribution in [-0.2, 0) is 14.2 Å². The molecule has 134 valence electrons. The quantitative estimate of drug-likeness (QED) is 0.838. The van der Waals surface area contributed by atoms with Gasteiger partial charge in [-0.15, -0.1) is 0 Å². The van der Waals surface area contributed by atoms with Crippen molar-refractivity contribution in [2.75, 3.05) is 13.7 Å². The predicted molar refractivity (Wildman–Crippen MR) is 88.0 cm³/mol. The molecule has 0 bridgehead atoms. The van der Waals surface area contributed by atoms with E-state index in [1.165, 1.54) is 17.0 Å². The highest BCUT2D eigenvalue weighted by atomic mass is 19.1. The molecule has 1 aliphatic rings. The average Bonchev–Trinajstić information content (AvgIpc) is 2.68. The smallest absolute Gasteiger partial charge is 0.413 e. The molecular formula is C18H26FNO4. The lowest BCUT2D eigenvalue weighted by Crippen LogP contribution is -2.47. The van der Waals surface area contributed by atoms with E-state index in [4.69, 9.17) is 14.2 Å². The van der Waals surface area contributed by atoms with Gasteiger partial charge in [-0.2, -0.15) is 0 Å². The monoisotopic (exact) mass is 339 g/mol. The molecule has 0 spiro atoms. The lowest BCUT2D eigenvalue weighted by atomic mass is 10.0. The Labute approximate surface area is 142 Å². The van der Waals surface area contributed by atoms with Crippen molar-refractivity contribution in [1.29, 1.82) is 0 Å². The number of halogens is 1. The molecule has 1 aromatic carbocycles. The number of amides is 1. The second kappa shape index (κ2) is 6.69. The van der Waals surface area contributed by atoms with E-state index in [0.29, 0.717) is 5.56 Å². The third-order valence-corrected chi connectivity index (χ3v) is 3.76. The SMILES string of the molecule is COCC1OC(C)(C)N(C(=O)OC(C)(C)C)C1c1cccc(F)c1. The third-order valence-electron chi connectivity index (χ3n) is 3.76. The highest BCUT2D eigenvalue weighted by Crippen LogP contribution is 2.42. The van der Waals surface area contributed by atoms with Crippen LogP contribution in [-0.4, -0.2) is 42.1 Å². The molecule has 2 unspecified atom stereocenters. The summed E-state index contributed by atoms with van der Waals surface area (Å²) in [5.41, 5.74) is -0.893. The van der Waals surface area contributed by atoms with Crippen LogP contribution in [0.15, 0.2) is 24.3 Å². The van der Waals surface area contributed by atoms with Crippen molar-refractivity contribution in [3.8, 4) is 0 Å². The Morgan fingerprint density at radius 1 is 1.38 bits per heavy atom. The van der Waals surface area contributed by atoms with Crippen molar-refractivity contribution in [1.82, 2.24) is 4.90 Å². The van der Waals surface area contributed by atoms with Crippen molar-refractivity contribution >= 4 is 6.09 Å². The number of hydrogen-bond donors (Lipinski definition) is 0. The van der Waals surface area contributed by atoms with Gasteiger partial charge in [0.1, 0.15) is 23.2 Å². The van der Waals surface area contributed by atoms with Crippen LogP contribution in [0.5, 0.6) is 0 Å². The first-order chi connectivity index (χ1) is 11.0. The van der Waals surface area contributed by atoms with Crippen LogP contribution < -0.4 is 0 Å². The van der Waals surface area contributed by atoms with Crippen molar-refractivity contribution in [3.05, 3.63) is 35.6 Å². The highest BCUT2D eigenvalue weighted by molar-refractivity contribution is 5.70. The molecule has 1 amide bonds. The van der Waals surface area contributed by atoms with Gasteiger partial charge in [0.15, 0.2) is 0 Å². The summed E-state index contributed by atoms with van der Waals surface area (Å²) >= 11 is 0. The summed E-state index contributed by atoms with van der Waals surface area (Å²) in [7, 11) is 1.56. The third kappa shape index (κ3) is 4.05. The number of benzene rings is 1. The Hall–Kier alpha value is -1.66. The average molecular weight is 339 g/mol. The summed E-state index contributed by atoms with van der Waals surface area (Å²) in [6, 6.07) is 5.68. The second-order valence-corrected chi connectivity index (χ2v) is 7.41. The summed E-state index contributed by atoms with van der Waals surface area (Å²) in [4.78, 5) is 14.3. The second-order valence-electron chi connectivity index (χ2n) is 7.41. The van der Waals surface area contributed by atoms with E-state index in [9.17, 15) is 9.18 Å². The number of nitrogens with zero attached hydrogens (tertiary/aromatic N) is 1. The molecule has 0 N–H and O–H groups in total. The normalized spacial score (nSPS) is 23.4. The minimum absolute atomic E-state index is 0.282. The fraction of sp³-hybridized carbons (Fsp3) is 0.611. The lowest BCUT2D eigenvalue weighted by Gasteiger charge is -2.35. The van der Waals surface area contributed by atoms with E-state index in [-0.39, 0.29) is 12.4 Å². The maximum absolute atomic E-state index is 13.7. The zero-order chi connectivity index (χ0) is 18.1. The number of hydrogen-bond acceptors (Lipinski definition) is 4. The number of ether oxygens (including phenoxy) is 3. The maximum atomic E-state index is 13.7. The molecule has 0 radical (unpaired) electrons. The standard InChI is InChI=1S/C18H26FNO4/c1-17(2,3)24-16(21)20-15(12-8-7-9-13(19)10-12)14(11-22-6)23-18(20,4)5/h7-10,14-15H,11H2,1-6H3. The molecule has 5 nitrogen and oxygen atoms in total. The van der Waals surface area contributed by atoms with Gasteiger partial charge in [-0.05, 0) is 52.3 Å². The van der Waals surface area contributed by atoms with Gasteiger partial charge in [-0.1, -0.05) is 12.1 Å². The number of rotatable bonds is 3. The van der Waals surface area contributed by atoms with Gasteiger partial charge in [-0.3, -0.25) is 4.90 Å². The van der Waals surface area contributed by atoms with Gasteiger partial charge in [0.05, 0.1) is 12.6 Å². The minimum Gasteiger partial charge on any atom is -0.444 e. The first-order valence-corrected chi connectivity index (χ1v) is 8.00. The van der Waals surface area contributed by atoms with Crippen LogP contribution in [0.2, 0.25) is 0 Å². The molecule has 0 aliphatic carbocycles. The van der Waals surface area contributed by atoms with Crippen LogP contribution in [0.4, 0.5) is 9.18 Å². The van der Waals surface area contributed by atoms with E-state index >= 15 is 0 Å². The van der Waals surface area contributed by atoms with Crippen LogP contribution in [0.1, 0.15) is 46.2 Å². The van der Waals surface area contributed by atoms with E-state index in [1.807, 2.05) is 0 Å². The number of carbonyl (C=O) groups excluding carboxylic acids is 1. The summed E-state index contributed by atoms with van der Waals surface area (Å²) in [6.45, 7) is 9.28. The zero-order valence-electron chi connectivity index (χ0n) is 15.1. The summed E-state index contributed by atoms with van der Waals surface area (Å²) < 4.78 is 30.5. The first kappa shape index (κ1) is 18.7. The van der Waals surface area contributed by atoms with Crippen LogP contribution >= 0.6 is 0 Å². The van der Waals surface area contributed by atoms with Crippen LogP contribution in [0, 0.1) is 5.82 Å². The van der Waals surface area contributed by atoms with Gasteiger partial charge in [0, 0.05) is 7.11 Å². The fourth-order valence-electron chi connectivity index (χ4n) is 2.98. The molecule has 0 saturated carbocycles. The molecule has 1 aromatic rings. The van der Waals surface area contributed by atoms with Crippen molar-refractivity contribution < 1.29 is 23.4 Å². The van der Waals surface area contributed by atoms with Crippen molar-refractivity contribution in [2.24, 2.45) is 0 Å². The Kier molecular flexibility index (Phi) is 5.20. The Balaban J connectivity index is 2.44. The van der Waals surface area contributed by atoms with E-state index in [2.05, 4.69) is 0 Å². The largest absolute Gasteiger partial charge is 0.444 e. The summed E-state index contributed by atoms with van der Waals surface area (Å²) in [5.74, 6) is -0.363. The van der Waals surface area contributed by atoms with Crippen LogP contribution in [0.3, 0.4) is 0 Å². The zero-order valence-corrected chi connectivity index (χ0v) is 15.1. The van der Waals surface area contributed by atoms with Gasteiger partial charge < -0.3 is 14.2 Å². The van der Waals surface area contributed by atoms with E-state index < -0.39 is 29.6 Å². The van der Waals surface area contributed by atoms with Gasteiger partial charge in [-0.25, -0.2) is 9.18 Å². The summed E-state index contributed by atoms with van der Waals surface area (Å²) in [5, 5.41) is 0. The molecule has 24 heavy (non-hydrogen) atoms. The lowest BCUT2D eigenvalue weighted by molar-refractivity contribution is -0.0894. The Morgan fingerprint density at radius 3 is 2.58 bits per heavy atom. The molecule has 1 heterocycles. The molecule has 2 rings (SSSR count). The topological polar surface area (TPSA) is 48.0 Å². The van der Waals surface area contributed by atoms with Crippen molar-refractivity contribution in [2.45, 2.75) is 58.1 Å². The fourth-order valence-corrected chi connectivity index (χ4v) is 2.98. The maximum Gasteiger partial charge on any atom is 0.413 e. The van der Waals surface area contributed by atoms with E-state index in [0.717, 1.165) is 0 Å². The molecular weight excluding hydrogens is 313 g/mol. The van der Waals surface area contributed by atoms with Gasteiger partial charge in [0.2, 0.25) is 0 Å². The molecule has 1 fully saturated rings. The number of methoxy groups -OCH3 is 1. The van der Waals surface area contributed by atoms with E-state index in [1.54, 1.807) is 53.9 Å². The molecule has 2 atom stereocenters. The molecule has 0 aromatic heterocycles. The molecule has 6 heteroatoms. The predicted octanol–water partition coefficient (Wildman–Crippen LogP) is 3.89. The van der Waals surface area contributed by atoms with Crippen molar-refractivity contribution in [3.63, 3.8) is 0 Å². The molecule has 1 saturated heterocycles. The summed E-state index contributed by atoms with van der Waals surface area (Å²) in [6.07, 6.45) is -0.917. The highest BCUT2D eigenvalue weighted by Gasteiger charge is 2.51. The van der Waals surface area contributed by atoms with Gasteiger partial charge >= 0.3 is 6.09 Å².